The summed E-state index contributed by atoms with van der Waals surface area (Å²) in [5.41, 5.74) is 5.22. The number of nitrogens with two attached hydrogens (primary N) is 1. The molecule has 1 aliphatic heterocycles. The quantitative estimate of drug-likeness (QED) is 0.549. The van der Waals surface area contributed by atoms with Crippen LogP contribution >= 0.6 is 0 Å². The molecule has 56 valence electrons. The molecule has 0 radical (unpaired) electrons. The van der Waals surface area contributed by atoms with Gasteiger partial charge in [-0.15, -0.1) is 0 Å². The molecule has 6 heteroatoms. The third kappa shape index (κ3) is 1.53. The van der Waals surface area contributed by atoms with Crippen LogP contribution in [0.3, 0.4) is 0 Å². The Labute approximate surface area is 59.2 Å². The fourth-order valence-corrected chi connectivity index (χ4v) is 1.54. The fourth-order valence-electron chi connectivity index (χ4n) is 0.579. The molecular weight excluding hydrogens is 152 g/mol. The van der Waals surface area contributed by atoms with Gasteiger partial charge < -0.3 is 5.73 Å². The molecule has 0 unspecified atom stereocenters. The number of rotatable bonds is 0. The molecule has 0 saturated heterocycles. The maximum atomic E-state index is 10.6. The average Bonchev–Trinajstić information content (AvgIpc) is 1.54. The van der Waals surface area contributed by atoms with Crippen molar-refractivity contribution in [2.45, 2.75) is 0 Å². The number of urea groups is 1. The highest BCUT2D eigenvalue weighted by Gasteiger charge is 2.05. The van der Waals surface area contributed by atoms with Gasteiger partial charge in [0.25, 0.3) is 0 Å². The van der Waals surface area contributed by atoms with Crippen LogP contribution in [0.1, 0.15) is 0 Å². The lowest BCUT2D eigenvalue weighted by Gasteiger charge is -2.04. The topological polar surface area (TPSA) is 80.2 Å². The van der Waals surface area contributed by atoms with E-state index in [-0.39, 0.29) is 5.96 Å². The lowest BCUT2D eigenvalue weighted by molar-refractivity contribution is 0.257. The van der Waals surface area contributed by atoms with Gasteiger partial charge >= 0.3 is 6.03 Å². The minimum Gasteiger partial charge on any atom is -0.367 e. The SMILES string of the molecule is CS1(C)=NC(=O)N=C(N)N=1. The average molecular weight is 160 g/mol. The number of aliphatic imine (C=N–C) groups is 1. The van der Waals surface area contributed by atoms with Crippen molar-refractivity contribution in [3.8, 4) is 0 Å². The summed E-state index contributed by atoms with van der Waals surface area (Å²) < 4.78 is 7.56. The second-order valence-electron chi connectivity index (χ2n) is 2.16. The molecule has 2 amide bonds. The Bertz CT molecular complexity index is 312. The first-order valence-electron chi connectivity index (χ1n) is 2.57. The highest BCUT2D eigenvalue weighted by atomic mass is 32.2. The van der Waals surface area contributed by atoms with E-state index in [1.807, 2.05) is 0 Å². The van der Waals surface area contributed by atoms with E-state index in [1.165, 1.54) is 0 Å². The number of carbonyl (C=O) groups is 1. The van der Waals surface area contributed by atoms with Gasteiger partial charge in [0.05, 0.1) is 0 Å². The van der Waals surface area contributed by atoms with Crippen molar-refractivity contribution in [3.05, 3.63) is 0 Å². The number of amides is 2. The van der Waals surface area contributed by atoms with Crippen molar-refractivity contribution in [3.63, 3.8) is 0 Å². The minimum absolute atomic E-state index is 0.0417. The van der Waals surface area contributed by atoms with Gasteiger partial charge in [0.15, 0.2) is 0 Å². The van der Waals surface area contributed by atoms with Gasteiger partial charge in [-0.2, -0.15) is 13.7 Å². The van der Waals surface area contributed by atoms with Crippen molar-refractivity contribution in [1.82, 2.24) is 0 Å². The van der Waals surface area contributed by atoms with E-state index in [9.17, 15) is 4.79 Å². The van der Waals surface area contributed by atoms with Crippen LogP contribution in [0.5, 0.6) is 0 Å². The number of nitrogens with zero attached hydrogens (tertiary/aromatic N) is 3. The highest BCUT2D eigenvalue weighted by Crippen LogP contribution is 2.00. The first-order chi connectivity index (χ1) is 4.49. The first kappa shape index (κ1) is 7.20. The van der Waals surface area contributed by atoms with Crippen LogP contribution in [0.2, 0.25) is 0 Å². The molecule has 1 aliphatic rings. The highest BCUT2D eigenvalue weighted by molar-refractivity contribution is 7.95. The van der Waals surface area contributed by atoms with Gasteiger partial charge in [-0.3, -0.25) is 0 Å². The Morgan fingerprint density at radius 3 is 2.40 bits per heavy atom. The van der Waals surface area contributed by atoms with Crippen molar-refractivity contribution >= 4 is 21.6 Å². The van der Waals surface area contributed by atoms with Gasteiger partial charge in [-0.25, -0.2) is 4.79 Å². The zero-order valence-electron chi connectivity index (χ0n) is 5.74. The summed E-state index contributed by atoms with van der Waals surface area (Å²) in [6.45, 7) is 0. The van der Waals surface area contributed by atoms with Crippen LogP contribution in [0.25, 0.3) is 0 Å². The molecule has 0 aromatic carbocycles. The van der Waals surface area contributed by atoms with Crippen LogP contribution in [0.15, 0.2) is 13.7 Å². The largest absolute Gasteiger partial charge is 0.377 e. The van der Waals surface area contributed by atoms with Crippen LogP contribution in [0.4, 0.5) is 4.79 Å². The smallest absolute Gasteiger partial charge is 0.367 e. The van der Waals surface area contributed by atoms with E-state index >= 15 is 0 Å². The third-order valence-electron chi connectivity index (χ3n) is 0.829. The third-order valence-corrected chi connectivity index (χ3v) is 2.07. The lowest BCUT2D eigenvalue weighted by Crippen LogP contribution is -2.16. The number of guanidine groups is 1. The fraction of sp³-hybridized carbons (Fsp3) is 0.500. The van der Waals surface area contributed by atoms with Crippen LogP contribution in [-0.4, -0.2) is 24.5 Å². The molecule has 0 aliphatic carbocycles. The van der Waals surface area contributed by atoms with E-state index in [1.54, 1.807) is 12.5 Å². The monoisotopic (exact) mass is 160 g/mol. The van der Waals surface area contributed by atoms with Gasteiger partial charge in [-0.1, -0.05) is 0 Å². The molecule has 1 rings (SSSR count). The molecule has 1 heterocycles. The molecule has 0 fully saturated rings. The predicted molar refractivity (Wildman–Crippen MR) is 41.1 cm³/mol. The normalized spacial score (nSPS) is 22.6. The second-order valence-corrected chi connectivity index (χ2v) is 4.96. The Morgan fingerprint density at radius 2 is 2.00 bits per heavy atom. The van der Waals surface area contributed by atoms with Crippen LogP contribution in [-0.2, 0) is 9.62 Å². The van der Waals surface area contributed by atoms with Crippen molar-refractivity contribution in [1.29, 1.82) is 0 Å². The molecule has 0 spiro atoms. The Kier molecular flexibility index (Phi) is 1.47. The summed E-state index contributed by atoms with van der Waals surface area (Å²) in [4.78, 5) is 13.9. The number of hydrogen-bond acceptors (Lipinski definition) is 3. The molecule has 10 heavy (non-hydrogen) atoms. The molecule has 2 N–H and O–H groups in total. The van der Waals surface area contributed by atoms with Crippen LogP contribution < -0.4 is 5.73 Å². The molecule has 0 aromatic heterocycles. The molecule has 0 saturated carbocycles. The maximum absolute atomic E-state index is 10.6. The molecule has 0 atom stereocenters. The summed E-state index contributed by atoms with van der Waals surface area (Å²) >= 11 is 0. The Balaban J connectivity index is 3.31. The summed E-state index contributed by atoms with van der Waals surface area (Å²) in [6.07, 6.45) is 3.54. The Hall–Kier alpha value is -0.910. The number of hydrogen-bond donors (Lipinski definition) is 1. The predicted octanol–water partition coefficient (Wildman–Crippen LogP) is 0.216. The van der Waals surface area contributed by atoms with E-state index in [0.717, 1.165) is 0 Å². The van der Waals surface area contributed by atoms with Crippen LogP contribution in [0, 0.1) is 0 Å². The first-order valence-corrected chi connectivity index (χ1v) is 4.93. The zero-order valence-corrected chi connectivity index (χ0v) is 6.55. The van der Waals surface area contributed by atoms with Gasteiger partial charge in [0, 0.05) is 12.5 Å². The minimum atomic E-state index is -1.54. The van der Waals surface area contributed by atoms with Gasteiger partial charge in [0.2, 0.25) is 5.96 Å². The summed E-state index contributed by atoms with van der Waals surface area (Å²) in [5.74, 6) is 0.0417. The van der Waals surface area contributed by atoms with Crippen molar-refractivity contribution in [2.75, 3.05) is 12.5 Å². The summed E-state index contributed by atoms with van der Waals surface area (Å²) in [7, 11) is -1.54. The second kappa shape index (κ2) is 2.05. The standard InChI is InChI=1S/C4H8N4OS/c1-10(2)7-3(5)6-4(9)8-10/h1-2H3,(H2,5,6,9). The summed E-state index contributed by atoms with van der Waals surface area (Å²) in [5, 5.41) is 0. The van der Waals surface area contributed by atoms with Gasteiger partial charge in [0.1, 0.15) is 0 Å². The van der Waals surface area contributed by atoms with Crippen molar-refractivity contribution < 1.29 is 4.79 Å². The molecule has 0 aromatic rings. The maximum Gasteiger partial charge on any atom is 0.377 e. The van der Waals surface area contributed by atoms with E-state index in [4.69, 9.17) is 5.73 Å². The molecule has 5 nitrogen and oxygen atoms in total. The lowest BCUT2D eigenvalue weighted by atomic mass is 11.0. The van der Waals surface area contributed by atoms with Gasteiger partial charge in [-0.05, 0) is 9.62 Å². The molecule has 0 bridgehead atoms. The van der Waals surface area contributed by atoms with E-state index in [0.29, 0.717) is 0 Å². The zero-order chi connectivity index (χ0) is 7.78. The van der Waals surface area contributed by atoms with E-state index < -0.39 is 15.7 Å². The number of carbonyl (C=O) groups excluding carboxylic acids is 1. The summed E-state index contributed by atoms with van der Waals surface area (Å²) in [6, 6.07) is -0.521. The Morgan fingerprint density at radius 1 is 1.40 bits per heavy atom. The van der Waals surface area contributed by atoms with E-state index in [2.05, 4.69) is 13.7 Å². The van der Waals surface area contributed by atoms with Crippen molar-refractivity contribution in [2.24, 2.45) is 19.5 Å². The molecular formula is C4H8N4OS.